The fraction of sp³-hybridized carbons (Fsp3) is 0.429. The molecule has 0 unspecified atom stereocenters. The maximum absolute atomic E-state index is 10.8. The third-order valence-corrected chi connectivity index (χ3v) is 2.58. The summed E-state index contributed by atoms with van der Waals surface area (Å²) in [6.45, 7) is 1.91. The monoisotopic (exact) mass is 234 g/mol. The highest BCUT2D eigenvalue weighted by atomic mass is 16.5. The van der Waals surface area contributed by atoms with Crippen LogP contribution in [-0.2, 0) is 16.0 Å². The lowest BCUT2D eigenvalue weighted by Crippen LogP contribution is -2.00. The second-order valence-corrected chi connectivity index (χ2v) is 3.97. The van der Waals surface area contributed by atoms with Crippen LogP contribution in [0.4, 0.5) is 0 Å². The molecule has 17 heavy (non-hydrogen) atoms. The molecule has 0 amide bonds. The predicted molar refractivity (Wildman–Crippen MR) is 66.0 cm³/mol. The van der Waals surface area contributed by atoms with Gasteiger partial charge in [-0.15, -0.1) is 0 Å². The van der Waals surface area contributed by atoms with Gasteiger partial charge in [-0.1, -0.05) is 24.3 Å². The fourth-order valence-electron chi connectivity index (χ4n) is 1.69. The van der Waals surface area contributed by atoms with Crippen molar-refractivity contribution in [3.05, 3.63) is 35.4 Å². The molecule has 1 rings (SSSR count). The molecular weight excluding hydrogens is 216 g/mol. The van der Waals surface area contributed by atoms with Gasteiger partial charge in [-0.05, 0) is 31.2 Å². The first kappa shape index (κ1) is 13.4. The summed E-state index contributed by atoms with van der Waals surface area (Å²) in [5, 5.41) is 0. The van der Waals surface area contributed by atoms with Crippen LogP contribution in [-0.4, -0.2) is 18.9 Å². The van der Waals surface area contributed by atoms with Gasteiger partial charge in [-0.3, -0.25) is 9.59 Å². The molecule has 0 spiro atoms. The van der Waals surface area contributed by atoms with Gasteiger partial charge in [-0.25, -0.2) is 0 Å². The van der Waals surface area contributed by atoms with Gasteiger partial charge in [0.05, 0.1) is 6.61 Å². The summed E-state index contributed by atoms with van der Waals surface area (Å²) in [7, 11) is 0. The van der Waals surface area contributed by atoms with Crippen molar-refractivity contribution in [2.45, 2.75) is 32.6 Å². The van der Waals surface area contributed by atoms with Gasteiger partial charge in [0.15, 0.2) is 0 Å². The normalized spacial score (nSPS) is 9.94. The Labute approximate surface area is 102 Å². The lowest BCUT2D eigenvalue weighted by Gasteiger charge is -2.04. The van der Waals surface area contributed by atoms with Crippen LogP contribution in [0.2, 0.25) is 0 Å². The number of hydrogen-bond donors (Lipinski definition) is 0. The molecule has 0 atom stereocenters. The molecule has 0 N–H and O–H groups in total. The Morgan fingerprint density at radius 1 is 1.24 bits per heavy atom. The summed E-state index contributed by atoms with van der Waals surface area (Å²) in [4.78, 5) is 21.3. The molecule has 0 saturated carbocycles. The highest BCUT2D eigenvalue weighted by molar-refractivity contribution is 5.77. The second kappa shape index (κ2) is 7.60. The third kappa shape index (κ3) is 5.29. The fourth-order valence-corrected chi connectivity index (χ4v) is 1.69. The van der Waals surface area contributed by atoms with Gasteiger partial charge in [0, 0.05) is 12.5 Å². The predicted octanol–water partition coefficient (Wildman–Crippen LogP) is 2.78. The average Bonchev–Trinajstić information content (AvgIpc) is 2.33. The van der Waals surface area contributed by atoms with Gasteiger partial charge in [0.1, 0.15) is 6.29 Å². The molecule has 0 aromatic heterocycles. The lowest BCUT2D eigenvalue weighted by molar-refractivity contribution is -0.141. The van der Waals surface area contributed by atoms with Crippen LogP contribution >= 0.6 is 0 Å². The Morgan fingerprint density at radius 3 is 2.71 bits per heavy atom. The first-order chi connectivity index (χ1) is 8.24. The number of carbonyl (C=O) groups excluding carboxylic acids is 2. The highest BCUT2D eigenvalue weighted by Crippen LogP contribution is 2.11. The van der Waals surface area contributed by atoms with E-state index >= 15 is 0 Å². The second-order valence-electron chi connectivity index (χ2n) is 3.97. The molecule has 0 aliphatic heterocycles. The van der Waals surface area contributed by atoms with E-state index in [1.165, 1.54) is 6.92 Å². The Hall–Kier alpha value is -1.64. The Morgan fingerprint density at radius 2 is 2.00 bits per heavy atom. The van der Waals surface area contributed by atoms with Crippen molar-refractivity contribution in [1.82, 2.24) is 0 Å². The highest BCUT2D eigenvalue weighted by Gasteiger charge is 2.00. The summed E-state index contributed by atoms with van der Waals surface area (Å²) in [5.41, 5.74) is 1.86. The van der Waals surface area contributed by atoms with Crippen LogP contribution in [0.15, 0.2) is 24.3 Å². The number of esters is 1. The zero-order chi connectivity index (χ0) is 12.5. The average molecular weight is 234 g/mol. The van der Waals surface area contributed by atoms with Crippen LogP contribution < -0.4 is 0 Å². The number of unbranched alkanes of at least 4 members (excludes halogenated alkanes) is 2. The Bertz CT molecular complexity index is 371. The molecule has 0 radical (unpaired) electrons. The number of carbonyl (C=O) groups is 2. The van der Waals surface area contributed by atoms with Crippen LogP contribution in [0.1, 0.15) is 42.1 Å². The molecule has 92 valence electrons. The molecule has 0 saturated heterocycles. The van der Waals surface area contributed by atoms with Crippen molar-refractivity contribution >= 4 is 12.3 Å². The van der Waals surface area contributed by atoms with Gasteiger partial charge >= 0.3 is 5.97 Å². The van der Waals surface area contributed by atoms with E-state index in [4.69, 9.17) is 4.74 Å². The summed E-state index contributed by atoms with van der Waals surface area (Å²) in [5.74, 6) is -0.226. The van der Waals surface area contributed by atoms with E-state index in [-0.39, 0.29) is 5.97 Å². The van der Waals surface area contributed by atoms with Gasteiger partial charge in [-0.2, -0.15) is 0 Å². The zero-order valence-electron chi connectivity index (χ0n) is 10.1. The maximum atomic E-state index is 10.8. The number of aldehydes is 1. The number of aryl methyl sites for hydroxylation is 1. The molecule has 0 aliphatic carbocycles. The summed E-state index contributed by atoms with van der Waals surface area (Å²) in [6, 6.07) is 7.63. The van der Waals surface area contributed by atoms with Crippen molar-refractivity contribution in [1.29, 1.82) is 0 Å². The summed E-state index contributed by atoms with van der Waals surface area (Å²) in [6.07, 6.45) is 4.68. The van der Waals surface area contributed by atoms with Crippen LogP contribution in [0.3, 0.4) is 0 Å². The molecule has 1 aromatic carbocycles. The quantitative estimate of drug-likeness (QED) is 0.414. The molecule has 1 aromatic rings. The molecule has 3 heteroatoms. The number of benzene rings is 1. The summed E-state index contributed by atoms with van der Waals surface area (Å²) < 4.78 is 4.84. The largest absolute Gasteiger partial charge is 0.466 e. The van der Waals surface area contributed by atoms with Crippen LogP contribution in [0.5, 0.6) is 0 Å². The Balaban J connectivity index is 2.22. The molecule has 0 aliphatic rings. The van der Waals surface area contributed by atoms with Gasteiger partial charge in [0.2, 0.25) is 0 Å². The molecule has 3 nitrogen and oxygen atoms in total. The van der Waals surface area contributed by atoms with Crippen LogP contribution in [0.25, 0.3) is 0 Å². The molecular formula is C14H18O3. The molecule has 0 fully saturated rings. The molecule has 0 heterocycles. The van der Waals surface area contributed by atoms with E-state index in [1.54, 1.807) is 0 Å². The van der Waals surface area contributed by atoms with E-state index in [1.807, 2.05) is 24.3 Å². The zero-order valence-corrected chi connectivity index (χ0v) is 10.1. The number of hydrogen-bond acceptors (Lipinski definition) is 3. The van der Waals surface area contributed by atoms with E-state index in [0.29, 0.717) is 6.61 Å². The minimum Gasteiger partial charge on any atom is -0.466 e. The van der Waals surface area contributed by atoms with Crippen molar-refractivity contribution in [3.8, 4) is 0 Å². The SMILES string of the molecule is CC(=O)OCCCCCc1ccccc1C=O. The van der Waals surface area contributed by atoms with Gasteiger partial charge < -0.3 is 4.74 Å². The topological polar surface area (TPSA) is 43.4 Å². The van der Waals surface area contributed by atoms with Crippen molar-refractivity contribution in [2.24, 2.45) is 0 Å². The van der Waals surface area contributed by atoms with Gasteiger partial charge in [0.25, 0.3) is 0 Å². The number of rotatable bonds is 7. The third-order valence-electron chi connectivity index (χ3n) is 2.58. The first-order valence-corrected chi connectivity index (χ1v) is 5.90. The van der Waals surface area contributed by atoms with Crippen molar-refractivity contribution < 1.29 is 14.3 Å². The smallest absolute Gasteiger partial charge is 0.302 e. The Kier molecular flexibility index (Phi) is 6.00. The molecule has 0 bridgehead atoms. The van der Waals surface area contributed by atoms with E-state index < -0.39 is 0 Å². The first-order valence-electron chi connectivity index (χ1n) is 5.90. The van der Waals surface area contributed by atoms with E-state index in [9.17, 15) is 9.59 Å². The lowest BCUT2D eigenvalue weighted by atomic mass is 10.0. The van der Waals surface area contributed by atoms with Crippen molar-refractivity contribution in [2.75, 3.05) is 6.61 Å². The maximum Gasteiger partial charge on any atom is 0.302 e. The van der Waals surface area contributed by atoms with Crippen LogP contribution in [0, 0.1) is 0 Å². The standard InChI is InChI=1S/C14H18O3/c1-12(16)17-10-6-2-3-7-13-8-4-5-9-14(13)11-15/h4-5,8-9,11H,2-3,6-7,10H2,1H3. The minimum atomic E-state index is -0.226. The number of ether oxygens (including phenoxy) is 1. The summed E-state index contributed by atoms with van der Waals surface area (Å²) >= 11 is 0. The van der Waals surface area contributed by atoms with Crippen molar-refractivity contribution in [3.63, 3.8) is 0 Å². The van der Waals surface area contributed by atoms with E-state index in [2.05, 4.69) is 0 Å². The minimum absolute atomic E-state index is 0.226. The van der Waals surface area contributed by atoms with E-state index in [0.717, 1.165) is 43.1 Å².